The van der Waals surface area contributed by atoms with Gasteiger partial charge in [0.1, 0.15) is 0 Å². The number of hydrogen-bond acceptors (Lipinski definition) is 3. The minimum atomic E-state index is 0.0431. The first-order valence-corrected chi connectivity index (χ1v) is 9.75. The SMILES string of the molecule is O=C(/C=C/c1ccc(Br)s1)N1CCC(C(=O)N2CCCC2)CC1. The van der Waals surface area contributed by atoms with Crippen LogP contribution in [0.1, 0.15) is 30.6 Å². The van der Waals surface area contributed by atoms with Gasteiger partial charge in [0, 0.05) is 43.1 Å². The van der Waals surface area contributed by atoms with Crippen LogP contribution in [0.5, 0.6) is 0 Å². The van der Waals surface area contributed by atoms with Crippen molar-refractivity contribution < 1.29 is 9.59 Å². The predicted molar refractivity (Wildman–Crippen MR) is 96.2 cm³/mol. The quantitative estimate of drug-likeness (QED) is 0.734. The molecule has 0 spiro atoms. The van der Waals surface area contributed by atoms with Gasteiger partial charge in [-0.25, -0.2) is 0 Å². The van der Waals surface area contributed by atoms with E-state index in [4.69, 9.17) is 0 Å². The number of hydrogen-bond donors (Lipinski definition) is 0. The van der Waals surface area contributed by atoms with E-state index >= 15 is 0 Å². The van der Waals surface area contributed by atoms with Gasteiger partial charge in [-0.1, -0.05) is 0 Å². The van der Waals surface area contributed by atoms with E-state index in [9.17, 15) is 9.59 Å². The van der Waals surface area contributed by atoms with Crippen LogP contribution >= 0.6 is 27.3 Å². The number of nitrogens with zero attached hydrogens (tertiary/aromatic N) is 2. The molecule has 2 aliphatic rings. The fourth-order valence-electron chi connectivity index (χ4n) is 3.22. The Kier molecular flexibility index (Phi) is 5.54. The van der Waals surface area contributed by atoms with Crippen LogP contribution in [0.2, 0.25) is 0 Å². The van der Waals surface area contributed by atoms with E-state index in [1.54, 1.807) is 17.4 Å². The lowest BCUT2D eigenvalue weighted by atomic mass is 9.95. The van der Waals surface area contributed by atoms with Crippen molar-refractivity contribution in [2.24, 2.45) is 5.92 Å². The number of likely N-dealkylation sites (tertiary alicyclic amines) is 2. The first-order chi connectivity index (χ1) is 11.1. The maximum absolute atomic E-state index is 12.4. The Labute approximate surface area is 149 Å². The second kappa shape index (κ2) is 7.62. The fraction of sp³-hybridized carbons (Fsp3) is 0.529. The second-order valence-electron chi connectivity index (χ2n) is 6.11. The summed E-state index contributed by atoms with van der Waals surface area (Å²) in [6.45, 7) is 3.19. The molecule has 4 nitrogen and oxygen atoms in total. The van der Waals surface area contributed by atoms with Crippen LogP contribution in [-0.2, 0) is 9.59 Å². The maximum Gasteiger partial charge on any atom is 0.246 e. The van der Waals surface area contributed by atoms with Crippen molar-refractivity contribution in [1.29, 1.82) is 0 Å². The van der Waals surface area contributed by atoms with Crippen LogP contribution in [0.4, 0.5) is 0 Å². The van der Waals surface area contributed by atoms with E-state index < -0.39 is 0 Å². The van der Waals surface area contributed by atoms with E-state index in [2.05, 4.69) is 15.9 Å². The first kappa shape index (κ1) is 16.7. The molecule has 1 aromatic rings. The monoisotopic (exact) mass is 396 g/mol. The van der Waals surface area contributed by atoms with Crippen molar-refractivity contribution in [2.45, 2.75) is 25.7 Å². The summed E-state index contributed by atoms with van der Waals surface area (Å²) in [5.41, 5.74) is 0. The van der Waals surface area contributed by atoms with Gasteiger partial charge in [0.05, 0.1) is 3.79 Å². The molecule has 0 saturated carbocycles. The number of carbonyl (C=O) groups excluding carboxylic acids is 2. The molecule has 0 N–H and O–H groups in total. The molecule has 6 heteroatoms. The molecule has 0 bridgehead atoms. The molecule has 3 rings (SSSR count). The summed E-state index contributed by atoms with van der Waals surface area (Å²) >= 11 is 5.02. The molecule has 2 amide bonds. The van der Waals surface area contributed by atoms with Gasteiger partial charge < -0.3 is 9.80 Å². The van der Waals surface area contributed by atoms with E-state index in [0.717, 1.165) is 47.4 Å². The summed E-state index contributed by atoms with van der Waals surface area (Å²) in [5, 5.41) is 0. The minimum Gasteiger partial charge on any atom is -0.342 e. The normalized spacial score (nSPS) is 19.7. The summed E-state index contributed by atoms with van der Waals surface area (Å²) in [6.07, 6.45) is 7.35. The highest BCUT2D eigenvalue weighted by molar-refractivity contribution is 9.11. The highest BCUT2D eigenvalue weighted by Crippen LogP contribution is 2.24. The van der Waals surface area contributed by atoms with Gasteiger partial charge in [0.2, 0.25) is 11.8 Å². The Balaban J connectivity index is 1.49. The van der Waals surface area contributed by atoms with Crippen molar-refractivity contribution in [3.05, 3.63) is 26.9 Å². The van der Waals surface area contributed by atoms with Gasteiger partial charge in [0.15, 0.2) is 0 Å². The van der Waals surface area contributed by atoms with Gasteiger partial charge in [-0.2, -0.15) is 0 Å². The van der Waals surface area contributed by atoms with Gasteiger partial charge in [-0.3, -0.25) is 9.59 Å². The third-order valence-corrected chi connectivity index (χ3v) is 6.15. The van der Waals surface area contributed by atoms with Crippen molar-refractivity contribution in [3.63, 3.8) is 0 Å². The van der Waals surface area contributed by atoms with E-state index in [0.29, 0.717) is 19.0 Å². The maximum atomic E-state index is 12.4. The highest BCUT2D eigenvalue weighted by atomic mass is 79.9. The number of thiophene rings is 1. The van der Waals surface area contributed by atoms with Crippen molar-refractivity contribution in [2.75, 3.05) is 26.2 Å². The lowest BCUT2D eigenvalue weighted by Crippen LogP contribution is -2.43. The van der Waals surface area contributed by atoms with Crippen molar-refractivity contribution in [3.8, 4) is 0 Å². The molecule has 124 valence electrons. The van der Waals surface area contributed by atoms with Crippen LogP contribution in [0.25, 0.3) is 6.08 Å². The summed E-state index contributed by atoms with van der Waals surface area (Å²) in [5.74, 6) is 0.449. The molecule has 2 saturated heterocycles. The lowest BCUT2D eigenvalue weighted by molar-refractivity contribution is -0.138. The number of halogens is 1. The Bertz CT molecular complexity index is 599. The zero-order valence-corrected chi connectivity index (χ0v) is 15.4. The van der Waals surface area contributed by atoms with Crippen molar-refractivity contribution in [1.82, 2.24) is 9.80 Å². The topological polar surface area (TPSA) is 40.6 Å². The third-order valence-electron chi connectivity index (χ3n) is 4.56. The molecule has 2 aliphatic heterocycles. The van der Waals surface area contributed by atoms with Crippen molar-refractivity contribution >= 4 is 45.2 Å². The van der Waals surface area contributed by atoms with Gasteiger partial charge >= 0.3 is 0 Å². The van der Waals surface area contributed by atoms with Gasteiger partial charge in [-0.15, -0.1) is 11.3 Å². The van der Waals surface area contributed by atoms with E-state index in [-0.39, 0.29) is 11.8 Å². The highest BCUT2D eigenvalue weighted by Gasteiger charge is 2.30. The molecule has 0 aliphatic carbocycles. The lowest BCUT2D eigenvalue weighted by Gasteiger charge is -2.32. The average molecular weight is 397 g/mol. The molecule has 1 aromatic heterocycles. The Hall–Kier alpha value is -1.14. The summed E-state index contributed by atoms with van der Waals surface area (Å²) in [6, 6.07) is 3.96. The molecule has 2 fully saturated rings. The molecule has 23 heavy (non-hydrogen) atoms. The molecule has 0 aromatic carbocycles. The zero-order chi connectivity index (χ0) is 16.2. The number of carbonyl (C=O) groups is 2. The molecule has 0 atom stereocenters. The Morgan fingerprint density at radius 1 is 1.09 bits per heavy atom. The first-order valence-electron chi connectivity index (χ1n) is 8.14. The number of piperidine rings is 1. The molecular weight excluding hydrogens is 376 g/mol. The third kappa shape index (κ3) is 4.23. The average Bonchev–Trinajstić information content (AvgIpc) is 3.24. The van der Waals surface area contributed by atoms with Crippen LogP contribution in [0.3, 0.4) is 0 Å². The molecule has 0 radical (unpaired) electrons. The fourth-order valence-corrected chi connectivity index (χ4v) is 4.55. The number of rotatable bonds is 3. The summed E-state index contributed by atoms with van der Waals surface area (Å²) < 4.78 is 1.06. The molecule has 0 unspecified atom stereocenters. The predicted octanol–water partition coefficient (Wildman–Crippen LogP) is 3.38. The summed E-state index contributed by atoms with van der Waals surface area (Å²) in [7, 11) is 0. The largest absolute Gasteiger partial charge is 0.342 e. The molecule has 3 heterocycles. The smallest absolute Gasteiger partial charge is 0.246 e. The zero-order valence-electron chi connectivity index (χ0n) is 13.0. The molecular formula is C17H21BrN2O2S. The Morgan fingerprint density at radius 3 is 2.39 bits per heavy atom. The number of amides is 2. The van der Waals surface area contributed by atoms with Crippen LogP contribution in [0, 0.1) is 5.92 Å². The Morgan fingerprint density at radius 2 is 1.78 bits per heavy atom. The van der Waals surface area contributed by atoms with Crippen LogP contribution in [-0.4, -0.2) is 47.8 Å². The summed E-state index contributed by atoms with van der Waals surface area (Å²) in [4.78, 5) is 29.6. The van der Waals surface area contributed by atoms with Crippen LogP contribution < -0.4 is 0 Å². The van der Waals surface area contributed by atoms with Gasteiger partial charge in [-0.05, 0) is 59.8 Å². The standard InChI is InChI=1S/C17H21BrN2O2S/c18-15-5-3-14(23-15)4-6-16(21)19-11-7-13(8-12-19)17(22)20-9-1-2-10-20/h3-6,13H,1-2,7-12H2/b6-4+. The van der Waals surface area contributed by atoms with Gasteiger partial charge in [0.25, 0.3) is 0 Å². The van der Waals surface area contributed by atoms with E-state index in [1.165, 1.54) is 0 Å². The van der Waals surface area contributed by atoms with Crippen LogP contribution in [0.15, 0.2) is 22.0 Å². The minimum absolute atomic E-state index is 0.0431. The second-order valence-corrected chi connectivity index (χ2v) is 8.60. The van der Waals surface area contributed by atoms with E-state index in [1.807, 2.05) is 28.0 Å².